The highest BCUT2D eigenvalue weighted by Crippen LogP contribution is 2.39. The topological polar surface area (TPSA) is 92.3 Å². The molecule has 2 aromatic carbocycles. The molecule has 202 valence electrons. The number of nitrogens with zero attached hydrogens (tertiary/aromatic N) is 1. The lowest BCUT2D eigenvalue weighted by Crippen LogP contribution is -2.38. The standard InChI is InChI=1S/C26H26F4N4O3S/c1-24(2,3)22(35)37-25(10-11-31-14-25)21-32-13-20(38-21)15-4-7-17(8-5-15)33-23(36)34-19-12-16(26(28,29)30)6-9-18(19)27/h4-9,12-13,31H,10-11,14H2,1-3H3,(H2,33,34,36). The van der Waals surface area contributed by atoms with Crippen molar-refractivity contribution >= 4 is 34.7 Å². The van der Waals surface area contributed by atoms with Crippen molar-refractivity contribution in [3.8, 4) is 10.4 Å². The van der Waals surface area contributed by atoms with Crippen molar-refractivity contribution in [1.29, 1.82) is 0 Å². The quantitative estimate of drug-likeness (QED) is 0.253. The Morgan fingerprint density at radius 1 is 1.08 bits per heavy atom. The van der Waals surface area contributed by atoms with Gasteiger partial charge in [0.2, 0.25) is 0 Å². The first-order chi connectivity index (χ1) is 17.8. The zero-order valence-electron chi connectivity index (χ0n) is 20.8. The molecule has 1 unspecified atom stereocenters. The lowest BCUT2D eigenvalue weighted by Gasteiger charge is -2.29. The molecule has 0 aliphatic carbocycles. The molecule has 1 fully saturated rings. The van der Waals surface area contributed by atoms with E-state index in [2.05, 4.69) is 20.9 Å². The summed E-state index contributed by atoms with van der Waals surface area (Å²) in [5, 5.41) is 8.49. The van der Waals surface area contributed by atoms with Crippen LogP contribution in [0.25, 0.3) is 10.4 Å². The third kappa shape index (κ3) is 6.13. The molecule has 0 spiro atoms. The number of benzene rings is 2. The van der Waals surface area contributed by atoms with Crippen LogP contribution in [-0.2, 0) is 21.3 Å². The molecule has 0 saturated carbocycles. The van der Waals surface area contributed by atoms with E-state index in [1.54, 1.807) is 51.2 Å². The van der Waals surface area contributed by atoms with Gasteiger partial charge in [-0.2, -0.15) is 13.2 Å². The fraction of sp³-hybridized carbons (Fsp3) is 0.346. The molecule has 2 heterocycles. The Balaban J connectivity index is 1.45. The minimum atomic E-state index is -4.67. The van der Waals surface area contributed by atoms with Crippen LogP contribution in [0.2, 0.25) is 0 Å². The third-order valence-electron chi connectivity index (χ3n) is 5.88. The summed E-state index contributed by atoms with van der Waals surface area (Å²) in [6, 6.07) is 7.55. The first-order valence-corrected chi connectivity index (χ1v) is 12.5. The van der Waals surface area contributed by atoms with E-state index in [4.69, 9.17) is 4.74 Å². The molecule has 3 aromatic rings. The Morgan fingerprint density at radius 3 is 2.39 bits per heavy atom. The monoisotopic (exact) mass is 550 g/mol. The second-order valence-electron chi connectivity index (χ2n) is 9.94. The number of urea groups is 1. The Morgan fingerprint density at radius 2 is 1.79 bits per heavy atom. The molecule has 1 saturated heterocycles. The van der Waals surface area contributed by atoms with Crippen LogP contribution in [-0.4, -0.2) is 30.1 Å². The van der Waals surface area contributed by atoms with E-state index in [1.165, 1.54) is 11.3 Å². The van der Waals surface area contributed by atoms with Crippen molar-refractivity contribution < 1.29 is 31.9 Å². The molecule has 0 radical (unpaired) electrons. The summed E-state index contributed by atoms with van der Waals surface area (Å²) in [6.07, 6.45) is -2.38. The first kappa shape index (κ1) is 27.5. The van der Waals surface area contributed by atoms with Crippen molar-refractivity contribution in [2.24, 2.45) is 5.41 Å². The molecule has 0 bridgehead atoms. The molecule has 1 aliphatic heterocycles. The van der Waals surface area contributed by atoms with Crippen LogP contribution in [0.3, 0.4) is 0 Å². The van der Waals surface area contributed by atoms with Crippen LogP contribution in [0, 0.1) is 11.2 Å². The summed E-state index contributed by atoms with van der Waals surface area (Å²) in [4.78, 5) is 30.2. The third-order valence-corrected chi connectivity index (χ3v) is 7.11. The van der Waals surface area contributed by atoms with Crippen LogP contribution in [0.5, 0.6) is 0 Å². The Bertz CT molecular complexity index is 1330. The van der Waals surface area contributed by atoms with Gasteiger partial charge in [0.25, 0.3) is 0 Å². The highest BCUT2D eigenvalue weighted by Gasteiger charge is 2.44. The average Bonchev–Trinajstić information content (AvgIpc) is 3.50. The number of anilines is 2. The van der Waals surface area contributed by atoms with Gasteiger partial charge in [-0.15, -0.1) is 11.3 Å². The number of aromatic nitrogens is 1. The average molecular weight is 551 g/mol. The molecule has 7 nitrogen and oxygen atoms in total. The second-order valence-corrected chi connectivity index (χ2v) is 11.0. The lowest BCUT2D eigenvalue weighted by atomic mass is 9.96. The number of hydrogen-bond donors (Lipinski definition) is 3. The van der Waals surface area contributed by atoms with E-state index in [1.807, 2.05) is 0 Å². The molecular formula is C26H26F4N4O3S. The largest absolute Gasteiger partial charge is 0.450 e. The molecule has 1 atom stereocenters. The van der Waals surface area contributed by atoms with Gasteiger partial charge in [-0.3, -0.25) is 4.79 Å². The molecule has 38 heavy (non-hydrogen) atoms. The van der Waals surface area contributed by atoms with E-state index in [9.17, 15) is 27.2 Å². The van der Waals surface area contributed by atoms with Crippen molar-refractivity contribution in [3.05, 3.63) is 65.0 Å². The number of halogens is 4. The molecule has 2 amide bonds. The van der Waals surface area contributed by atoms with Gasteiger partial charge < -0.3 is 20.7 Å². The Hall–Kier alpha value is -3.51. The lowest BCUT2D eigenvalue weighted by molar-refractivity contribution is -0.169. The summed E-state index contributed by atoms with van der Waals surface area (Å²) >= 11 is 1.40. The predicted octanol–water partition coefficient (Wildman–Crippen LogP) is 6.39. The van der Waals surface area contributed by atoms with E-state index in [0.717, 1.165) is 10.4 Å². The Labute approximate surface area is 220 Å². The van der Waals surface area contributed by atoms with E-state index in [-0.39, 0.29) is 5.97 Å². The number of amides is 2. The molecule has 3 N–H and O–H groups in total. The van der Waals surface area contributed by atoms with Crippen LogP contribution in [0.15, 0.2) is 48.7 Å². The SMILES string of the molecule is CC(C)(C)C(=O)OC1(c2ncc(-c3ccc(NC(=O)Nc4cc(C(F)(F)F)ccc4F)cc3)s2)CCNC1. The highest BCUT2D eigenvalue weighted by atomic mass is 32.1. The molecule has 12 heteroatoms. The van der Waals surface area contributed by atoms with Crippen molar-refractivity contribution in [2.75, 3.05) is 23.7 Å². The number of carbonyl (C=O) groups is 2. The van der Waals surface area contributed by atoms with E-state index in [0.29, 0.717) is 48.4 Å². The van der Waals surface area contributed by atoms with Crippen LogP contribution in [0.1, 0.15) is 37.8 Å². The number of rotatable bonds is 5. The summed E-state index contributed by atoms with van der Waals surface area (Å²) < 4.78 is 58.6. The predicted molar refractivity (Wildman–Crippen MR) is 136 cm³/mol. The van der Waals surface area contributed by atoms with Crippen molar-refractivity contribution in [3.63, 3.8) is 0 Å². The number of thiazole rings is 1. The van der Waals surface area contributed by atoms with Crippen LogP contribution >= 0.6 is 11.3 Å². The highest BCUT2D eigenvalue weighted by molar-refractivity contribution is 7.15. The molecule has 1 aliphatic rings. The van der Waals surface area contributed by atoms with Gasteiger partial charge in [0.05, 0.1) is 21.5 Å². The van der Waals surface area contributed by atoms with Gasteiger partial charge in [-0.25, -0.2) is 14.2 Å². The zero-order chi connectivity index (χ0) is 27.7. The van der Waals surface area contributed by atoms with Crippen molar-refractivity contribution in [1.82, 2.24) is 10.3 Å². The minimum absolute atomic E-state index is 0.309. The number of carbonyl (C=O) groups excluding carboxylic acids is 2. The second kappa shape index (κ2) is 10.3. The number of esters is 1. The smallest absolute Gasteiger partial charge is 0.416 e. The summed E-state index contributed by atoms with van der Waals surface area (Å²) in [5.74, 6) is -1.30. The summed E-state index contributed by atoms with van der Waals surface area (Å²) in [5.41, 5.74) is -2.02. The maximum atomic E-state index is 13.9. The number of alkyl halides is 3. The van der Waals surface area contributed by atoms with E-state index < -0.39 is 40.3 Å². The molecule has 4 rings (SSSR count). The fourth-order valence-electron chi connectivity index (χ4n) is 3.73. The van der Waals surface area contributed by atoms with Gasteiger partial charge in [-0.1, -0.05) is 12.1 Å². The van der Waals surface area contributed by atoms with Gasteiger partial charge >= 0.3 is 18.2 Å². The number of hydrogen-bond acceptors (Lipinski definition) is 6. The summed E-state index contributed by atoms with van der Waals surface area (Å²) in [6.45, 7) is 6.55. The van der Waals surface area contributed by atoms with Gasteiger partial charge in [-0.05, 0) is 63.2 Å². The summed E-state index contributed by atoms with van der Waals surface area (Å²) in [7, 11) is 0. The van der Waals surface area contributed by atoms with Gasteiger partial charge in [0.15, 0.2) is 5.60 Å². The normalized spacial score (nSPS) is 17.8. The minimum Gasteiger partial charge on any atom is -0.450 e. The zero-order valence-corrected chi connectivity index (χ0v) is 21.6. The fourth-order valence-corrected chi connectivity index (χ4v) is 4.81. The van der Waals surface area contributed by atoms with Crippen LogP contribution in [0.4, 0.5) is 33.7 Å². The first-order valence-electron chi connectivity index (χ1n) is 11.7. The van der Waals surface area contributed by atoms with Crippen molar-refractivity contribution in [2.45, 2.75) is 39.0 Å². The number of ether oxygens (including phenoxy) is 1. The molecular weight excluding hydrogens is 524 g/mol. The Kier molecular flexibility index (Phi) is 7.48. The maximum absolute atomic E-state index is 13.9. The number of nitrogens with one attached hydrogen (secondary N) is 3. The molecule has 1 aromatic heterocycles. The van der Waals surface area contributed by atoms with E-state index >= 15 is 0 Å². The van der Waals surface area contributed by atoms with Gasteiger partial charge in [0, 0.05) is 24.8 Å². The van der Waals surface area contributed by atoms with Crippen LogP contribution < -0.4 is 16.0 Å². The van der Waals surface area contributed by atoms with Gasteiger partial charge in [0.1, 0.15) is 10.8 Å². The maximum Gasteiger partial charge on any atom is 0.416 e.